The van der Waals surface area contributed by atoms with E-state index in [1.807, 2.05) is 12.1 Å². The van der Waals surface area contributed by atoms with Crippen LogP contribution in [-0.2, 0) is 11.2 Å². The molecule has 0 saturated carbocycles. The Morgan fingerprint density at radius 1 is 1.35 bits per heavy atom. The quantitative estimate of drug-likeness (QED) is 0.866. The molecular weight excluding hydrogens is 248 g/mol. The van der Waals surface area contributed by atoms with Gasteiger partial charge in [0.1, 0.15) is 0 Å². The van der Waals surface area contributed by atoms with Gasteiger partial charge in [0.2, 0.25) is 5.91 Å². The van der Waals surface area contributed by atoms with Crippen LogP contribution in [0.2, 0.25) is 0 Å². The molecule has 3 nitrogen and oxygen atoms in total. The number of aryl methyl sites for hydroxylation is 1. The first-order valence-electron chi connectivity index (χ1n) is 7.74. The Bertz CT molecular complexity index is 427. The summed E-state index contributed by atoms with van der Waals surface area (Å²) >= 11 is 0. The number of benzene rings is 1. The summed E-state index contributed by atoms with van der Waals surface area (Å²) in [6.45, 7) is 6.13. The molecule has 2 N–H and O–H groups in total. The Hall–Kier alpha value is -1.35. The van der Waals surface area contributed by atoms with E-state index in [9.17, 15) is 4.79 Å². The van der Waals surface area contributed by atoms with Gasteiger partial charge in [0, 0.05) is 12.6 Å². The minimum Gasteiger partial charge on any atom is -0.354 e. The van der Waals surface area contributed by atoms with E-state index in [2.05, 4.69) is 36.6 Å². The van der Waals surface area contributed by atoms with Crippen LogP contribution in [0.3, 0.4) is 0 Å². The molecule has 1 aromatic carbocycles. The third-order valence-corrected chi connectivity index (χ3v) is 4.26. The van der Waals surface area contributed by atoms with Gasteiger partial charge >= 0.3 is 0 Å². The van der Waals surface area contributed by atoms with E-state index in [1.54, 1.807) is 0 Å². The molecule has 20 heavy (non-hydrogen) atoms. The number of carbonyl (C=O) groups is 1. The number of nitrogens with one attached hydrogen (secondary N) is 2. The first kappa shape index (κ1) is 15.0. The second-order valence-electron chi connectivity index (χ2n) is 5.84. The molecule has 0 bridgehead atoms. The van der Waals surface area contributed by atoms with Crippen molar-refractivity contribution in [1.82, 2.24) is 10.6 Å². The highest BCUT2D eigenvalue weighted by Gasteiger charge is 2.23. The van der Waals surface area contributed by atoms with Gasteiger partial charge in [-0.2, -0.15) is 0 Å². The Kier molecular flexibility index (Phi) is 5.60. The van der Waals surface area contributed by atoms with Gasteiger partial charge in [0.25, 0.3) is 0 Å². The average Bonchev–Trinajstić information content (AvgIpc) is 2.48. The molecule has 0 aliphatic carbocycles. The summed E-state index contributed by atoms with van der Waals surface area (Å²) in [5.74, 6) is 0.819. The smallest absolute Gasteiger partial charge is 0.224 e. The van der Waals surface area contributed by atoms with Crippen molar-refractivity contribution in [3.05, 3.63) is 35.4 Å². The molecule has 3 heteroatoms. The van der Waals surface area contributed by atoms with Crippen molar-refractivity contribution >= 4 is 5.91 Å². The summed E-state index contributed by atoms with van der Waals surface area (Å²) in [7, 11) is 0. The van der Waals surface area contributed by atoms with Gasteiger partial charge in [-0.25, -0.2) is 0 Å². The first-order chi connectivity index (χ1) is 9.69. The second-order valence-corrected chi connectivity index (χ2v) is 5.84. The van der Waals surface area contributed by atoms with Crippen LogP contribution in [0.5, 0.6) is 0 Å². The minimum absolute atomic E-state index is 0.121. The number of hydrogen-bond acceptors (Lipinski definition) is 2. The van der Waals surface area contributed by atoms with Crippen LogP contribution in [0.4, 0.5) is 0 Å². The lowest BCUT2D eigenvalue weighted by Gasteiger charge is -2.32. The van der Waals surface area contributed by atoms with Crippen molar-refractivity contribution in [3.63, 3.8) is 0 Å². The lowest BCUT2D eigenvalue weighted by molar-refractivity contribution is -0.120. The lowest BCUT2D eigenvalue weighted by Crippen LogP contribution is -2.48. The number of hydrogen-bond donors (Lipinski definition) is 2. The monoisotopic (exact) mass is 274 g/mol. The summed E-state index contributed by atoms with van der Waals surface area (Å²) in [6.07, 6.45) is 4.20. The number of piperidine rings is 1. The van der Waals surface area contributed by atoms with Crippen LogP contribution >= 0.6 is 0 Å². The fraction of sp³-hybridized carbons (Fsp3) is 0.588. The lowest BCUT2D eigenvalue weighted by atomic mass is 9.88. The Morgan fingerprint density at radius 3 is 2.80 bits per heavy atom. The van der Waals surface area contributed by atoms with Crippen molar-refractivity contribution < 1.29 is 4.79 Å². The van der Waals surface area contributed by atoms with E-state index < -0.39 is 0 Å². The van der Waals surface area contributed by atoms with Crippen LogP contribution in [0.1, 0.15) is 37.3 Å². The van der Waals surface area contributed by atoms with Gasteiger partial charge in [-0.1, -0.05) is 43.2 Å². The predicted molar refractivity (Wildman–Crippen MR) is 82.7 cm³/mol. The summed E-state index contributed by atoms with van der Waals surface area (Å²) in [5, 5.41) is 6.61. The molecule has 1 aliphatic rings. The first-order valence-corrected chi connectivity index (χ1v) is 7.74. The zero-order valence-electron chi connectivity index (χ0n) is 12.6. The number of rotatable bonds is 5. The molecule has 1 saturated heterocycles. The molecule has 1 heterocycles. The second kappa shape index (κ2) is 7.44. The van der Waals surface area contributed by atoms with Gasteiger partial charge < -0.3 is 10.6 Å². The number of carbonyl (C=O) groups excluding carboxylic acids is 1. The Labute approximate surface area is 122 Å². The molecule has 2 unspecified atom stereocenters. The maximum absolute atomic E-state index is 12.0. The van der Waals surface area contributed by atoms with Gasteiger partial charge in [-0.05, 0) is 37.8 Å². The summed E-state index contributed by atoms with van der Waals surface area (Å²) < 4.78 is 0. The van der Waals surface area contributed by atoms with E-state index in [0.717, 1.165) is 18.7 Å². The third kappa shape index (κ3) is 4.34. The van der Waals surface area contributed by atoms with Gasteiger partial charge in [0.05, 0.1) is 6.42 Å². The average molecular weight is 274 g/mol. The Morgan fingerprint density at radius 2 is 2.10 bits per heavy atom. The molecule has 2 atom stereocenters. The van der Waals surface area contributed by atoms with Crippen molar-refractivity contribution in [2.75, 3.05) is 13.1 Å². The van der Waals surface area contributed by atoms with Crippen molar-refractivity contribution in [2.24, 2.45) is 5.92 Å². The molecule has 0 spiro atoms. The van der Waals surface area contributed by atoms with Crippen LogP contribution in [0.15, 0.2) is 24.3 Å². The van der Waals surface area contributed by atoms with E-state index in [1.165, 1.54) is 24.8 Å². The molecule has 1 amide bonds. The molecule has 0 aromatic heterocycles. The van der Waals surface area contributed by atoms with Gasteiger partial charge in [0.15, 0.2) is 0 Å². The molecule has 1 aromatic rings. The van der Waals surface area contributed by atoms with E-state index in [-0.39, 0.29) is 5.91 Å². The zero-order valence-corrected chi connectivity index (χ0v) is 12.6. The topological polar surface area (TPSA) is 41.1 Å². The van der Waals surface area contributed by atoms with Gasteiger partial charge in [-0.15, -0.1) is 0 Å². The summed E-state index contributed by atoms with van der Waals surface area (Å²) in [6, 6.07) is 8.61. The SMILES string of the molecule is CCC1CCCNC1CNC(=O)Cc1ccc(C)cc1. The fourth-order valence-electron chi connectivity index (χ4n) is 2.92. The standard InChI is InChI=1S/C17H26N2O/c1-3-15-5-4-10-18-16(15)12-19-17(20)11-14-8-6-13(2)7-9-14/h6-9,15-16,18H,3-5,10-12H2,1-2H3,(H,19,20). The van der Waals surface area contributed by atoms with Crippen molar-refractivity contribution in [1.29, 1.82) is 0 Å². The predicted octanol–water partition coefficient (Wildman–Crippen LogP) is 2.43. The molecule has 0 radical (unpaired) electrons. The summed E-state index contributed by atoms with van der Waals surface area (Å²) in [5.41, 5.74) is 2.31. The van der Waals surface area contributed by atoms with Crippen molar-refractivity contribution in [2.45, 2.75) is 45.6 Å². The fourth-order valence-corrected chi connectivity index (χ4v) is 2.92. The largest absolute Gasteiger partial charge is 0.354 e. The molecule has 1 aliphatic heterocycles. The Balaban J connectivity index is 1.78. The maximum atomic E-state index is 12.0. The highest BCUT2D eigenvalue weighted by Crippen LogP contribution is 2.19. The zero-order chi connectivity index (χ0) is 14.4. The van der Waals surface area contributed by atoms with E-state index >= 15 is 0 Å². The molecular formula is C17H26N2O. The molecule has 2 rings (SSSR count). The van der Waals surface area contributed by atoms with Gasteiger partial charge in [-0.3, -0.25) is 4.79 Å². The summed E-state index contributed by atoms with van der Waals surface area (Å²) in [4.78, 5) is 12.0. The highest BCUT2D eigenvalue weighted by molar-refractivity contribution is 5.78. The van der Waals surface area contributed by atoms with Crippen LogP contribution in [0.25, 0.3) is 0 Å². The highest BCUT2D eigenvalue weighted by atomic mass is 16.1. The maximum Gasteiger partial charge on any atom is 0.224 e. The van der Waals surface area contributed by atoms with Crippen LogP contribution in [0, 0.1) is 12.8 Å². The normalized spacial score (nSPS) is 22.5. The molecule has 1 fully saturated rings. The minimum atomic E-state index is 0.121. The van der Waals surface area contributed by atoms with Crippen LogP contribution < -0.4 is 10.6 Å². The third-order valence-electron chi connectivity index (χ3n) is 4.26. The van der Waals surface area contributed by atoms with E-state index in [0.29, 0.717) is 18.4 Å². The molecule has 110 valence electrons. The van der Waals surface area contributed by atoms with Crippen LogP contribution in [-0.4, -0.2) is 25.0 Å². The van der Waals surface area contributed by atoms with E-state index in [4.69, 9.17) is 0 Å². The van der Waals surface area contributed by atoms with Crippen molar-refractivity contribution in [3.8, 4) is 0 Å². The number of amides is 1.